The molecular formula is C18H25BrN8O4. The van der Waals surface area contributed by atoms with Crippen LogP contribution in [0, 0.1) is 6.92 Å². The molecule has 2 rings (SSSR count). The quantitative estimate of drug-likeness (QED) is 0.159. The molecule has 1 aromatic carbocycles. The van der Waals surface area contributed by atoms with Gasteiger partial charge in [0, 0.05) is 17.6 Å². The summed E-state index contributed by atoms with van der Waals surface area (Å²) in [7, 11) is 0. The van der Waals surface area contributed by atoms with Crippen molar-refractivity contribution in [3.8, 4) is 0 Å². The number of hydroxylamine groups is 1. The molecule has 0 saturated heterocycles. The van der Waals surface area contributed by atoms with Crippen molar-refractivity contribution < 1.29 is 19.4 Å². The molecule has 0 bridgehead atoms. The highest BCUT2D eigenvalue weighted by atomic mass is 79.9. The number of rotatable bonds is 8. The van der Waals surface area contributed by atoms with Gasteiger partial charge in [-0.1, -0.05) is 22.0 Å². The number of amides is 1. The third kappa shape index (κ3) is 7.86. The van der Waals surface area contributed by atoms with Crippen molar-refractivity contribution in [1.82, 2.24) is 21.1 Å². The van der Waals surface area contributed by atoms with Crippen LogP contribution in [-0.4, -0.2) is 52.6 Å². The Morgan fingerprint density at radius 2 is 2.16 bits per heavy atom. The molecule has 1 aromatic heterocycles. The molecule has 13 heteroatoms. The van der Waals surface area contributed by atoms with Crippen LogP contribution in [0.15, 0.2) is 37.3 Å². The minimum Gasteiger partial charge on any atom is -0.447 e. The number of nitrogens with two attached hydrogens (primary N) is 1. The fraction of sp³-hybridized carbons (Fsp3) is 0.389. The molecule has 0 aliphatic rings. The molecule has 0 atom stereocenters. The first-order valence-electron chi connectivity index (χ1n) is 9.39. The van der Waals surface area contributed by atoms with Gasteiger partial charge in [0.1, 0.15) is 0 Å². The van der Waals surface area contributed by atoms with E-state index in [4.69, 9.17) is 15.1 Å². The Hall–Kier alpha value is -3.19. The second kappa shape index (κ2) is 11.9. The van der Waals surface area contributed by atoms with Crippen LogP contribution < -0.4 is 21.8 Å². The lowest BCUT2D eigenvalue weighted by molar-refractivity contribution is 0.120. The van der Waals surface area contributed by atoms with Crippen molar-refractivity contribution in [2.75, 3.05) is 18.4 Å². The van der Waals surface area contributed by atoms with Crippen LogP contribution in [0.5, 0.6) is 0 Å². The summed E-state index contributed by atoms with van der Waals surface area (Å²) in [6.45, 7) is 6.21. The zero-order valence-corrected chi connectivity index (χ0v) is 18.9. The van der Waals surface area contributed by atoms with Crippen molar-refractivity contribution in [3.05, 3.63) is 33.9 Å². The lowest BCUT2D eigenvalue weighted by Crippen LogP contribution is -2.38. The van der Waals surface area contributed by atoms with Gasteiger partial charge in [-0.3, -0.25) is 21.0 Å². The van der Waals surface area contributed by atoms with Crippen LogP contribution in [0.4, 0.5) is 16.3 Å². The summed E-state index contributed by atoms with van der Waals surface area (Å²) in [5.74, 6) is 0.328. The highest BCUT2D eigenvalue weighted by Gasteiger charge is 2.16. The van der Waals surface area contributed by atoms with Gasteiger partial charge in [0.25, 0.3) is 0 Å². The number of ether oxygens (including phenoxy) is 1. The number of carbonyl (C=O) groups excluding carboxylic acids is 1. The number of aryl methyl sites for hydroxylation is 1. The van der Waals surface area contributed by atoms with E-state index in [1.54, 1.807) is 26.0 Å². The Balaban J connectivity index is 1.91. The predicted molar refractivity (Wildman–Crippen MR) is 119 cm³/mol. The van der Waals surface area contributed by atoms with Crippen LogP contribution in [0.1, 0.15) is 31.5 Å². The maximum absolute atomic E-state index is 11.4. The minimum atomic E-state index is -0.656. The number of hydrogen-bond acceptors (Lipinski definition) is 9. The highest BCUT2D eigenvalue weighted by molar-refractivity contribution is 9.10. The van der Waals surface area contributed by atoms with E-state index in [0.717, 1.165) is 10.0 Å². The molecule has 168 valence electrons. The number of carbonyl (C=O) groups is 1. The van der Waals surface area contributed by atoms with E-state index in [1.807, 2.05) is 18.5 Å². The van der Waals surface area contributed by atoms with Crippen molar-refractivity contribution >= 4 is 45.3 Å². The molecule has 0 spiro atoms. The first-order chi connectivity index (χ1) is 14.8. The number of anilines is 1. The van der Waals surface area contributed by atoms with Gasteiger partial charge in [0.2, 0.25) is 5.82 Å². The molecule has 6 N–H and O–H groups in total. The first-order valence-corrected chi connectivity index (χ1v) is 10.2. The summed E-state index contributed by atoms with van der Waals surface area (Å²) in [4.78, 5) is 19.8. The molecule has 1 heterocycles. The molecule has 12 nitrogen and oxygen atoms in total. The van der Waals surface area contributed by atoms with Crippen molar-refractivity contribution in [1.29, 1.82) is 0 Å². The fourth-order valence-corrected chi connectivity index (χ4v) is 2.61. The molecule has 0 aliphatic carbocycles. The van der Waals surface area contributed by atoms with Gasteiger partial charge in [0.05, 0.1) is 11.8 Å². The minimum absolute atomic E-state index is 0.0300. The highest BCUT2D eigenvalue weighted by Crippen LogP contribution is 2.23. The summed E-state index contributed by atoms with van der Waals surface area (Å²) < 4.78 is 10.6. The number of guanidine groups is 1. The Morgan fingerprint density at radius 1 is 1.39 bits per heavy atom. The van der Waals surface area contributed by atoms with Crippen LogP contribution in [-0.2, 0) is 4.74 Å². The standard InChI is InChI=1S/C18H25BrN8O4/c1-10(2)30-18(28)24-17(20)22-8-4-7-21-15-14(26-31-27-15)16(25-29)23-12-6-5-11(3)13(19)9-12/h5-6,9-10,29H,4,7-8H2,1-3H3,(H,21,27)(H,23,25)(H3,20,22,24,28). The van der Waals surface area contributed by atoms with Crippen molar-refractivity contribution in [2.24, 2.45) is 15.7 Å². The number of nitrogens with zero attached hydrogens (tertiary/aromatic N) is 4. The number of hydrogen-bond donors (Lipinski definition) is 5. The summed E-state index contributed by atoms with van der Waals surface area (Å²) in [6, 6.07) is 5.49. The monoisotopic (exact) mass is 496 g/mol. The van der Waals surface area contributed by atoms with Crippen LogP contribution in [0.25, 0.3) is 0 Å². The zero-order chi connectivity index (χ0) is 22.8. The molecule has 0 aliphatic heterocycles. The van der Waals surface area contributed by atoms with E-state index in [0.29, 0.717) is 31.0 Å². The summed E-state index contributed by atoms with van der Waals surface area (Å²) in [5.41, 5.74) is 9.50. The second-order valence-electron chi connectivity index (χ2n) is 6.59. The van der Waals surface area contributed by atoms with Gasteiger partial charge in [-0.2, -0.15) is 0 Å². The number of benzene rings is 1. The SMILES string of the molecule is Cc1ccc(N=C(NO)c2nonc2NCCCN=C(N)NC(=O)OC(C)C)cc1Br. The lowest BCUT2D eigenvalue weighted by atomic mass is 10.2. The molecule has 0 unspecified atom stereocenters. The number of nitrogens with one attached hydrogen (secondary N) is 3. The molecule has 1 amide bonds. The lowest BCUT2D eigenvalue weighted by Gasteiger charge is -2.08. The summed E-state index contributed by atoms with van der Waals surface area (Å²) in [6.07, 6.45) is -0.342. The average molecular weight is 497 g/mol. The maximum Gasteiger partial charge on any atom is 0.414 e. The Bertz CT molecular complexity index is 944. The number of alkyl carbamates (subject to hydrolysis) is 1. The maximum atomic E-state index is 11.4. The van der Waals surface area contributed by atoms with E-state index in [2.05, 4.69) is 46.9 Å². The van der Waals surface area contributed by atoms with Crippen molar-refractivity contribution in [3.63, 3.8) is 0 Å². The molecule has 0 radical (unpaired) electrons. The van der Waals surface area contributed by atoms with Crippen LogP contribution >= 0.6 is 15.9 Å². The Morgan fingerprint density at radius 3 is 2.84 bits per heavy atom. The normalized spacial score (nSPS) is 12.1. The molecule has 0 fully saturated rings. The van der Waals surface area contributed by atoms with Crippen molar-refractivity contribution in [2.45, 2.75) is 33.3 Å². The van der Waals surface area contributed by atoms with Crippen LogP contribution in [0.3, 0.4) is 0 Å². The third-order valence-electron chi connectivity index (χ3n) is 3.70. The van der Waals surface area contributed by atoms with Gasteiger partial charge in [-0.05, 0) is 55.2 Å². The average Bonchev–Trinajstić information content (AvgIpc) is 3.16. The van der Waals surface area contributed by atoms with E-state index < -0.39 is 6.09 Å². The Kier molecular flexibility index (Phi) is 9.21. The van der Waals surface area contributed by atoms with Gasteiger partial charge >= 0.3 is 6.09 Å². The van der Waals surface area contributed by atoms with E-state index in [9.17, 15) is 10.0 Å². The largest absolute Gasteiger partial charge is 0.447 e. The zero-order valence-electron chi connectivity index (χ0n) is 17.3. The van der Waals surface area contributed by atoms with Gasteiger partial charge in [0.15, 0.2) is 17.5 Å². The molecule has 0 saturated carbocycles. The van der Waals surface area contributed by atoms with E-state index >= 15 is 0 Å². The second-order valence-corrected chi connectivity index (χ2v) is 7.45. The third-order valence-corrected chi connectivity index (χ3v) is 4.55. The van der Waals surface area contributed by atoms with Gasteiger partial charge < -0.3 is 15.8 Å². The van der Waals surface area contributed by atoms with E-state index in [-0.39, 0.29) is 23.6 Å². The topological polar surface area (TPSA) is 172 Å². The smallest absolute Gasteiger partial charge is 0.414 e. The number of aliphatic imine (C=N–C) groups is 2. The summed E-state index contributed by atoms with van der Waals surface area (Å²) in [5, 5.41) is 22.4. The number of halogens is 1. The fourth-order valence-electron chi connectivity index (χ4n) is 2.24. The number of aromatic nitrogens is 2. The van der Waals surface area contributed by atoms with E-state index in [1.165, 1.54) is 0 Å². The first kappa shape index (κ1) is 24.1. The summed E-state index contributed by atoms with van der Waals surface area (Å²) >= 11 is 3.44. The van der Waals surface area contributed by atoms with Gasteiger partial charge in [-0.25, -0.2) is 14.4 Å². The molecule has 2 aromatic rings. The molecule has 31 heavy (non-hydrogen) atoms. The van der Waals surface area contributed by atoms with Crippen LogP contribution in [0.2, 0.25) is 0 Å². The Labute approximate surface area is 187 Å². The number of amidine groups is 1. The molecular weight excluding hydrogens is 472 g/mol. The van der Waals surface area contributed by atoms with Gasteiger partial charge in [-0.15, -0.1) is 0 Å². The predicted octanol–water partition coefficient (Wildman–Crippen LogP) is 2.45.